The Morgan fingerprint density at radius 3 is 2.33 bits per heavy atom. The largest absolute Gasteiger partial charge is 0.497 e. The van der Waals surface area contributed by atoms with Crippen molar-refractivity contribution >= 4 is 5.97 Å². The summed E-state index contributed by atoms with van der Waals surface area (Å²) in [7, 11) is 1.60. The van der Waals surface area contributed by atoms with E-state index in [1.807, 2.05) is 6.92 Å². The van der Waals surface area contributed by atoms with Crippen molar-refractivity contribution in [2.45, 2.75) is 26.9 Å². The van der Waals surface area contributed by atoms with Gasteiger partial charge in [-0.15, -0.1) is 0 Å². The smallest absolute Gasteiger partial charge is 0.355 e. The number of benzene rings is 1. The van der Waals surface area contributed by atoms with Gasteiger partial charge in [0.1, 0.15) is 30.4 Å². The van der Waals surface area contributed by atoms with E-state index in [4.69, 9.17) is 14.2 Å². The Morgan fingerprint density at radius 1 is 1.17 bits per heavy atom. The number of carbonyl (C=O) groups is 1. The maximum atomic E-state index is 12.1. The number of aromatic nitrogens is 1. The van der Waals surface area contributed by atoms with Gasteiger partial charge in [0, 0.05) is 11.3 Å². The molecule has 6 nitrogen and oxygen atoms in total. The van der Waals surface area contributed by atoms with E-state index in [0.717, 1.165) is 17.0 Å². The molecule has 6 heteroatoms. The first-order valence-electron chi connectivity index (χ1n) is 7.75. The minimum atomic E-state index is -0.638. The number of carbonyl (C=O) groups excluding carboxylic acids is 1. The molecular weight excluding hydrogens is 310 g/mol. The molecule has 2 rings (SSSR count). The summed E-state index contributed by atoms with van der Waals surface area (Å²) >= 11 is 0. The van der Waals surface area contributed by atoms with Crippen LogP contribution in [0.25, 0.3) is 0 Å². The zero-order chi connectivity index (χ0) is 17.7. The van der Waals surface area contributed by atoms with Crippen LogP contribution in [-0.4, -0.2) is 36.4 Å². The molecule has 2 aromatic rings. The fraction of sp³-hybridized carbons (Fsp3) is 0.389. The molecule has 0 aliphatic carbocycles. The highest BCUT2D eigenvalue weighted by atomic mass is 16.6. The molecule has 0 saturated carbocycles. The molecule has 1 atom stereocenters. The third kappa shape index (κ3) is 4.08. The van der Waals surface area contributed by atoms with Crippen LogP contribution in [0.15, 0.2) is 24.3 Å². The van der Waals surface area contributed by atoms with E-state index in [1.54, 1.807) is 45.2 Å². The monoisotopic (exact) mass is 333 g/mol. The molecule has 0 fully saturated rings. The number of aryl methyl sites for hydroxylation is 1. The van der Waals surface area contributed by atoms with Gasteiger partial charge in [0.2, 0.25) is 0 Å². The molecule has 0 unspecified atom stereocenters. The summed E-state index contributed by atoms with van der Waals surface area (Å²) < 4.78 is 15.8. The standard InChI is InChI=1S/C18H23NO5/c1-11-16(13(3)20)12(2)19-17(11)18(21)24-10-9-23-15-7-5-14(22-4)6-8-15/h5-8,13,19-20H,9-10H2,1-4H3/t13-/m0/s1. The minimum absolute atomic E-state index is 0.131. The average molecular weight is 333 g/mol. The lowest BCUT2D eigenvalue weighted by molar-refractivity contribution is 0.0443. The summed E-state index contributed by atoms with van der Waals surface area (Å²) in [5.74, 6) is 0.969. The number of rotatable bonds is 7. The quantitative estimate of drug-likeness (QED) is 0.601. The van der Waals surface area contributed by atoms with E-state index in [1.165, 1.54) is 0 Å². The molecule has 0 aliphatic heterocycles. The number of aliphatic hydroxyl groups excluding tert-OH is 1. The molecule has 1 heterocycles. The first-order chi connectivity index (χ1) is 11.4. The number of ether oxygens (including phenoxy) is 3. The Balaban J connectivity index is 1.86. The first-order valence-corrected chi connectivity index (χ1v) is 7.75. The molecule has 0 bridgehead atoms. The molecule has 0 saturated heterocycles. The van der Waals surface area contributed by atoms with Crippen molar-refractivity contribution < 1.29 is 24.1 Å². The highest BCUT2D eigenvalue weighted by molar-refractivity contribution is 5.89. The van der Waals surface area contributed by atoms with Gasteiger partial charge in [-0.2, -0.15) is 0 Å². The van der Waals surface area contributed by atoms with Gasteiger partial charge >= 0.3 is 5.97 Å². The van der Waals surface area contributed by atoms with Gasteiger partial charge < -0.3 is 24.3 Å². The van der Waals surface area contributed by atoms with Gasteiger partial charge in [0.05, 0.1) is 13.2 Å². The number of hydrogen-bond donors (Lipinski definition) is 2. The van der Waals surface area contributed by atoms with Gasteiger partial charge in [-0.05, 0) is 50.6 Å². The van der Waals surface area contributed by atoms with Gasteiger partial charge in [-0.25, -0.2) is 4.79 Å². The maximum Gasteiger partial charge on any atom is 0.355 e. The van der Waals surface area contributed by atoms with Crippen LogP contribution in [-0.2, 0) is 4.74 Å². The second kappa shape index (κ2) is 7.88. The van der Waals surface area contributed by atoms with Crippen LogP contribution in [0, 0.1) is 13.8 Å². The molecule has 0 radical (unpaired) electrons. The molecule has 24 heavy (non-hydrogen) atoms. The van der Waals surface area contributed by atoms with E-state index in [9.17, 15) is 9.90 Å². The van der Waals surface area contributed by atoms with Crippen molar-refractivity contribution in [1.82, 2.24) is 4.98 Å². The summed E-state index contributed by atoms with van der Waals surface area (Å²) in [5.41, 5.74) is 2.58. The van der Waals surface area contributed by atoms with Crippen molar-refractivity contribution in [2.24, 2.45) is 0 Å². The Hall–Kier alpha value is -2.47. The molecule has 0 spiro atoms. The molecule has 130 valence electrons. The zero-order valence-corrected chi connectivity index (χ0v) is 14.4. The van der Waals surface area contributed by atoms with Gasteiger partial charge in [-0.3, -0.25) is 0 Å². The molecule has 0 amide bonds. The fourth-order valence-electron chi connectivity index (χ4n) is 2.63. The number of aromatic amines is 1. The summed E-state index contributed by atoms with van der Waals surface area (Å²) in [4.78, 5) is 15.1. The molecule has 0 aliphatic rings. The maximum absolute atomic E-state index is 12.1. The second-order valence-corrected chi connectivity index (χ2v) is 5.50. The highest BCUT2D eigenvalue weighted by Gasteiger charge is 2.20. The van der Waals surface area contributed by atoms with E-state index in [2.05, 4.69) is 4.98 Å². The molecule has 1 aromatic heterocycles. The van der Waals surface area contributed by atoms with Gasteiger partial charge in [0.15, 0.2) is 0 Å². The summed E-state index contributed by atoms with van der Waals surface area (Å²) in [6.07, 6.45) is -0.638. The van der Waals surface area contributed by atoms with Crippen LogP contribution >= 0.6 is 0 Å². The SMILES string of the molecule is COc1ccc(OCCOC(=O)c2[nH]c(C)c([C@H](C)O)c2C)cc1. The van der Waals surface area contributed by atoms with Crippen LogP contribution in [0.3, 0.4) is 0 Å². The normalized spacial score (nSPS) is 11.9. The van der Waals surface area contributed by atoms with Crippen molar-refractivity contribution in [2.75, 3.05) is 20.3 Å². The molecule has 1 aromatic carbocycles. The Labute approximate surface area is 141 Å². The van der Waals surface area contributed by atoms with Crippen molar-refractivity contribution in [3.05, 3.63) is 46.8 Å². The lowest BCUT2D eigenvalue weighted by atomic mass is 10.1. The predicted molar refractivity (Wildman–Crippen MR) is 89.7 cm³/mol. The van der Waals surface area contributed by atoms with E-state index in [0.29, 0.717) is 17.0 Å². The van der Waals surface area contributed by atoms with Crippen molar-refractivity contribution in [3.8, 4) is 11.5 Å². The number of methoxy groups -OCH3 is 1. The minimum Gasteiger partial charge on any atom is -0.497 e. The fourth-order valence-corrected chi connectivity index (χ4v) is 2.63. The Bertz CT molecular complexity index is 688. The third-order valence-corrected chi connectivity index (χ3v) is 3.76. The third-order valence-electron chi connectivity index (χ3n) is 3.76. The lowest BCUT2D eigenvalue weighted by Gasteiger charge is -2.08. The van der Waals surface area contributed by atoms with Crippen molar-refractivity contribution in [3.63, 3.8) is 0 Å². The lowest BCUT2D eigenvalue weighted by Crippen LogP contribution is -2.13. The number of aliphatic hydroxyl groups is 1. The van der Waals surface area contributed by atoms with Crippen LogP contribution < -0.4 is 9.47 Å². The Morgan fingerprint density at radius 2 is 1.79 bits per heavy atom. The number of nitrogens with one attached hydrogen (secondary N) is 1. The summed E-state index contributed by atoms with van der Waals surface area (Å²) in [5, 5.41) is 9.76. The average Bonchev–Trinajstić information content (AvgIpc) is 2.86. The Kier molecular flexibility index (Phi) is 5.87. The van der Waals surface area contributed by atoms with Gasteiger partial charge in [0.25, 0.3) is 0 Å². The van der Waals surface area contributed by atoms with Gasteiger partial charge in [-0.1, -0.05) is 0 Å². The number of esters is 1. The van der Waals surface area contributed by atoms with Crippen molar-refractivity contribution in [1.29, 1.82) is 0 Å². The highest BCUT2D eigenvalue weighted by Crippen LogP contribution is 2.24. The van der Waals surface area contributed by atoms with E-state index < -0.39 is 12.1 Å². The molecule has 2 N–H and O–H groups in total. The predicted octanol–water partition coefficient (Wildman–Crippen LogP) is 2.93. The topological polar surface area (TPSA) is 80.8 Å². The molecular formula is C18H23NO5. The summed E-state index contributed by atoms with van der Waals surface area (Å²) in [6.45, 7) is 5.65. The summed E-state index contributed by atoms with van der Waals surface area (Å²) in [6, 6.07) is 7.16. The van der Waals surface area contributed by atoms with Crippen LogP contribution in [0.5, 0.6) is 11.5 Å². The van der Waals surface area contributed by atoms with Crippen LogP contribution in [0.1, 0.15) is 40.3 Å². The second-order valence-electron chi connectivity index (χ2n) is 5.50. The van der Waals surface area contributed by atoms with Crippen LogP contribution in [0.2, 0.25) is 0 Å². The van der Waals surface area contributed by atoms with E-state index >= 15 is 0 Å². The number of H-pyrrole nitrogens is 1. The number of hydrogen-bond acceptors (Lipinski definition) is 5. The first kappa shape index (κ1) is 17.9. The zero-order valence-electron chi connectivity index (χ0n) is 14.4. The van der Waals surface area contributed by atoms with Crippen LogP contribution in [0.4, 0.5) is 0 Å². The van der Waals surface area contributed by atoms with E-state index in [-0.39, 0.29) is 13.2 Å².